The van der Waals surface area contributed by atoms with Gasteiger partial charge in [0.1, 0.15) is 11.5 Å². The van der Waals surface area contributed by atoms with Gasteiger partial charge in [0.15, 0.2) is 5.75 Å². The number of phenols is 1. The van der Waals surface area contributed by atoms with Crippen LogP contribution >= 0.6 is 0 Å². The van der Waals surface area contributed by atoms with Crippen molar-refractivity contribution in [1.29, 1.82) is 0 Å². The third-order valence-electron chi connectivity index (χ3n) is 4.26. The maximum absolute atomic E-state index is 12.5. The maximum atomic E-state index is 12.5. The smallest absolute Gasteiger partial charge is 0.224 e. The van der Waals surface area contributed by atoms with Crippen LogP contribution < -0.4 is 15.0 Å². The highest BCUT2D eigenvalue weighted by molar-refractivity contribution is 5.94. The Labute approximate surface area is 169 Å². The molecule has 3 rings (SSSR count). The number of phenolic OH excluding ortho intramolecular Hbond substituents is 1. The van der Waals surface area contributed by atoms with Gasteiger partial charge in [-0.1, -0.05) is 30.3 Å². The van der Waals surface area contributed by atoms with E-state index in [1.807, 2.05) is 30.3 Å². The van der Waals surface area contributed by atoms with Crippen molar-refractivity contribution in [3.8, 4) is 17.2 Å². The van der Waals surface area contributed by atoms with E-state index in [1.54, 1.807) is 35.2 Å². The number of hydrogen-bond donors (Lipinski definition) is 2. The largest absolute Gasteiger partial charge is 0.508 e. The van der Waals surface area contributed by atoms with E-state index in [0.29, 0.717) is 22.9 Å². The Hall–Kier alpha value is -3.80. The monoisotopic (exact) mass is 390 g/mol. The van der Waals surface area contributed by atoms with Gasteiger partial charge < -0.3 is 20.1 Å². The average molecular weight is 390 g/mol. The number of benzene rings is 3. The van der Waals surface area contributed by atoms with E-state index in [-0.39, 0.29) is 24.1 Å². The third-order valence-corrected chi connectivity index (χ3v) is 4.26. The van der Waals surface area contributed by atoms with Gasteiger partial charge in [0.2, 0.25) is 11.8 Å². The third kappa shape index (κ3) is 5.13. The summed E-state index contributed by atoms with van der Waals surface area (Å²) in [4.78, 5) is 25.6. The van der Waals surface area contributed by atoms with Gasteiger partial charge >= 0.3 is 0 Å². The molecule has 0 radical (unpaired) electrons. The number of hydrogen-bond acceptors (Lipinski definition) is 4. The second-order valence-electron chi connectivity index (χ2n) is 6.51. The summed E-state index contributed by atoms with van der Waals surface area (Å²) in [6, 6.07) is 20.9. The number of rotatable bonds is 6. The summed E-state index contributed by atoms with van der Waals surface area (Å²) in [6.07, 6.45) is 0. The minimum absolute atomic E-state index is 0.144. The van der Waals surface area contributed by atoms with Crippen LogP contribution in [0.25, 0.3) is 0 Å². The van der Waals surface area contributed by atoms with E-state index in [0.717, 1.165) is 5.56 Å². The van der Waals surface area contributed by atoms with Crippen molar-refractivity contribution in [1.82, 2.24) is 0 Å². The molecular weight excluding hydrogens is 368 g/mol. The first-order valence-electron chi connectivity index (χ1n) is 9.13. The fourth-order valence-corrected chi connectivity index (χ4v) is 2.91. The van der Waals surface area contributed by atoms with E-state index in [9.17, 15) is 14.7 Å². The van der Waals surface area contributed by atoms with Crippen molar-refractivity contribution in [2.45, 2.75) is 20.4 Å². The highest BCUT2D eigenvalue weighted by Crippen LogP contribution is 2.34. The van der Waals surface area contributed by atoms with Crippen LogP contribution in [0.1, 0.15) is 19.4 Å². The van der Waals surface area contributed by atoms with Crippen molar-refractivity contribution in [3.05, 3.63) is 78.4 Å². The quantitative estimate of drug-likeness (QED) is 0.640. The predicted octanol–water partition coefficient (Wildman–Crippen LogP) is 4.70. The van der Waals surface area contributed by atoms with E-state index in [2.05, 4.69) is 5.32 Å². The molecule has 0 spiro atoms. The predicted molar refractivity (Wildman–Crippen MR) is 112 cm³/mol. The topological polar surface area (TPSA) is 78.9 Å². The molecule has 0 fully saturated rings. The lowest BCUT2D eigenvalue weighted by Gasteiger charge is -2.25. The van der Waals surface area contributed by atoms with Gasteiger partial charge in [-0.25, -0.2) is 0 Å². The molecule has 0 aliphatic rings. The molecule has 0 heterocycles. The molecular formula is C23H22N2O4. The highest BCUT2D eigenvalue weighted by atomic mass is 16.5. The van der Waals surface area contributed by atoms with Crippen LogP contribution in [0.5, 0.6) is 17.2 Å². The van der Waals surface area contributed by atoms with Crippen LogP contribution in [0.2, 0.25) is 0 Å². The van der Waals surface area contributed by atoms with Gasteiger partial charge in [-0.3, -0.25) is 9.59 Å². The summed E-state index contributed by atoms with van der Waals surface area (Å²) < 4.78 is 5.95. The summed E-state index contributed by atoms with van der Waals surface area (Å²) in [5, 5.41) is 12.2. The number of nitrogens with one attached hydrogen (secondary N) is 1. The van der Waals surface area contributed by atoms with Crippen molar-refractivity contribution < 1.29 is 19.4 Å². The van der Waals surface area contributed by atoms with Crippen LogP contribution in [0.4, 0.5) is 11.4 Å². The molecule has 148 valence electrons. The molecule has 3 aromatic carbocycles. The number of carbonyl (C=O) groups excluding carboxylic acids is 2. The van der Waals surface area contributed by atoms with Crippen molar-refractivity contribution in [2.24, 2.45) is 0 Å². The van der Waals surface area contributed by atoms with Gasteiger partial charge in [0.05, 0.1) is 12.2 Å². The number of anilines is 2. The molecule has 2 amide bonds. The number of aromatic hydroxyl groups is 1. The summed E-state index contributed by atoms with van der Waals surface area (Å²) in [5.41, 5.74) is 2.06. The molecule has 0 saturated heterocycles. The van der Waals surface area contributed by atoms with Gasteiger partial charge in [0.25, 0.3) is 0 Å². The van der Waals surface area contributed by atoms with E-state index >= 15 is 0 Å². The summed E-state index contributed by atoms with van der Waals surface area (Å²) >= 11 is 0. The molecule has 3 aromatic rings. The number of amides is 2. The minimum Gasteiger partial charge on any atom is -0.508 e. The lowest BCUT2D eigenvalue weighted by molar-refractivity contribution is -0.116. The fraction of sp³-hybridized carbons (Fsp3) is 0.130. The Bertz CT molecular complexity index is 1020. The SMILES string of the molecule is CC(=O)Nc1ccccc1CN(C(C)=O)c1ccccc1Oc1ccc(O)cc1. The second-order valence-corrected chi connectivity index (χ2v) is 6.51. The maximum Gasteiger partial charge on any atom is 0.224 e. The molecule has 0 bridgehead atoms. The van der Waals surface area contributed by atoms with Crippen LogP contribution in [-0.4, -0.2) is 16.9 Å². The van der Waals surface area contributed by atoms with Crippen LogP contribution in [0.3, 0.4) is 0 Å². The van der Waals surface area contributed by atoms with E-state index in [4.69, 9.17) is 4.74 Å². The zero-order valence-corrected chi connectivity index (χ0v) is 16.3. The molecule has 2 N–H and O–H groups in total. The van der Waals surface area contributed by atoms with Crippen molar-refractivity contribution >= 4 is 23.2 Å². The lowest BCUT2D eigenvalue weighted by Crippen LogP contribution is -2.28. The first-order chi connectivity index (χ1) is 13.9. The van der Waals surface area contributed by atoms with Gasteiger partial charge in [-0.2, -0.15) is 0 Å². The van der Waals surface area contributed by atoms with E-state index < -0.39 is 0 Å². The highest BCUT2D eigenvalue weighted by Gasteiger charge is 2.18. The molecule has 0 saturated carbocycles. The molecule has 6 nitrogen and oxygen atoms in total. The van der Waals surface area contributed by atoms with Gasteiger partial charge in [-0.05, 0) is 48.0 Å². The Kier molecular flexibility index (Phi) is 6.14. The molecule has 0 unspecified atom stereocenters. The number of carbonyl (C=O) groups is 2. The first kappa shape index (κ1) is 19.9. The van der Waals surface area contributed by atoms with Crippen LogP contribution in [0.15, 0.2) is 72.8 Å². The molecule has 0 atom stereocenters. The Morgan fingerprint density at radius 3 is 2.28 bits per heavy atom. The van der Waals surface area contributed by atoms with Crippen LogP contribution in [-0.2, 0) is 16.1 Å². The second kappa shape index (κ2) is 8.93. The van der Waals surface area contributed by atoms with Crippen molar-refractivity contribution in [2.75, 3.05) is 10.2 Å². The summed E-state index contributed by atoms with van der Waals surface area (Å²) in [6.45, 7) is 3.19. The standard InChI is InChI=1S/C23H22N2O4/c1-16(26)24-21-8-4-3-7-18(21)15-25(17(2)27)22-9-5-6-10-23(22)29-20-13-11-19(28)12-14-20/h3-14,28H,15H2,1-2H3,(H,24,26). The normalized spacial score (nSPS) is 10.3. The number of ether oxygens (including phenoxy) is 1. The Morgan fingerprint density at radius 1 is 0.931 bits per heavy atom. The molecule has 0 aliphatic carbocycles. The lowest BCUT2D eigenvalue weighted by atomic mass is 10.1. The van der Waals surface area contributed by atoms with Crippen LogP contribution in [0, 0.1) is 0 Å². The Morgan fingerprint density at radius 2 is 1.59 bits per heavy atom. The molecule has 6 heteroatoms. The molecule has 0 aliphatic heterocycles. The number of nitrogens with zero attached hydrogens (tertiary/aromatic N) is 1. The zero-order chi connectivity index (χ0) is 20.8. The fourth-order valence-electron chi connectivity index (χ4n) is 2.91. The Balaban J connectivity index is 1.94. The van der Waals surface area contributed by atoms with Gasteiger partial charge in [0, 0.05) is 19.5 Å². The minimum atomic E-state index is -0.178. The first-order valence-corrected chi connectivity index (χ1v) is 9.13. The number of para-hydroxylation sites is 3. The average Bonchev–Trinajstić information content (AvgIpc) is 2.69. The molecule has 29 heavy (non-hydrogen) atoms. The molecule has 0 aromatic heterocycles. The summed E-state index contributed by atoms with van der Waals surface area (Å²) in [7, 11) is 0. The summed E-state index contributed by atoms with van der Waals surface area (Å²) in [5.74, 6) is 0.848. The van der Waals surface area contributed by atoms with Crippen molar-refractivity contribution in [3.63, 3.8) is 0 Å². The van der Waals surface area contributed by atoms with Gasteiger partial charge in [-0.15, -0.1) is 0 Å². The zero-order valence-electron chi connectivity index (χ0n) is 16.3. The van der Waals surface area contributed by atoms with E-state index in [1.165, 1.54) is 26.0 Å².